The molecular weight excluding hydrogens is 498 g/mol. The van der Waals surface area contributed by atoms with Gasteiger partial charge in [-0.25, -0.2) is 4.39 Å². The second kappa shape index (κ2) is 8.84. The van der Waals surface area contributed by atoms with E-state index in [1.807, 2.05) is 19.1 Å². The number of hydrogen-bond acceptors (Lipinski definition) is 3. The molecule has 4 unspecified atom stereocenters. The summed E-state index contributed by atoms with van der Waals surface area (Å²) in [7, 11) is 0. The average molecular weight is 522 g/mol. The van der Waals surface area contributed by atoms with E-state index in [-0.39, 0.29) is 21.9 Å². The summed E-state index contributed by atoms with van der Waals surface area (Å²) < 4.78 is 19.6. The molecule has 1 fully saturated rings. The highest BCUT2D eigenvalue weighted by atomic mass is 127. The lowest BCUT2D eigenvalue weighted by atomic mass is 9.93. The number of benzene rings is 2. The molecular formula is C24H24FIO2S. The summed E-state index contributed by atoms with van der Waals surface area (Å²) in [5, 5.41) is 10.1. The Morgan fingerprint density at radius 1 is 1.14 bits per heavy atom. The highest BCUT2D eigenvalue weighted by Gasteiger charge is 2.34. The minimum Gasteiger partial charge on any atom is -0.390 e. The fourth-order valence-electron chi connectivity index (χ4n) is 3.73. The summed E-state index contributed by atoms with van der Waals surface area (Å²) in [5.41, 5.74) is 4.78. The summed E-state index contributed by atoms with van der Waals surface area (Å²) in [6, 6.07) is 17.5. The molecule has 1 aliphatic heterocycles. The Morgan fingerprint density at radius 3 is 2.66 bits per heavy atom. The number of alkyl halides is 1. The Hall–Kier alpha value is -1.28. The number of aliphatic hydroxyl groups excluding tert-OH is 1. The maximum absolute atomic E-state index is 13.2. The van der Waals surface area contributed by atoms with Crippen LogP contribution in [0.3, 0.4) is 0 Å². The van der Waals surface area contributed by atoms with Crippen molar-refractivity contribution in [2.45, 2.75) is 48.9 Å². The molecule has 0 radical (unpaired) electrons. The first kappa shape index (κ1) is 21.0. The number of rotatable bonds is 4. The SMILES string of the molecule is Cc1ccc(C2OC(C)C(O)CC2I)cc1Cc1ccc(-c2ccc(F)cc2)s1. The fourth-order valence-corrected chi connectivity index (χ4v) is 5.87. The van der Waals surface area contributed by atoms with Gasteiger partial charge in [0.1, 0.15) is 5.82 Å². The Kier molecular flexibility index (Phi) is 6.39. The van der Waals surface area contributed by atoms with Crippen LogP contribution in [0.25, 0.3) is 10.4 Å². The molecule has 1 aromatic heterocycles. The van der Waals surface area contributed by atoms with E-state index < -0.39 is 6.10 Å². The molecule has 2 nitrogen and oxygen atoms in total. The van der Waals surface area contributed by atoms with Gasteiger partial charge in [-0.1, -0.05) is 52.9 Å². The molecule has 2 heterocycles. The van der Waals surface area contributed by atoms with Crippen molar-refractivity contribution in [3.8, 4) is 10.4 Å². The van der Waals surface area contributed by atoms with Crippen LogP contribution in [0.1, 0.15) is 41.0 Å². The van der Waals surface area contributed by atoms with Crippen molar-refractivity contribution in [2.24, 2.45) is 0 Å². The van der Waals surface area contributed by atoms with Crippen molar-refractivity contribution >= 4 is 33.9 Å². The van der Waals surface area contributed by atoms with E-state index in [9.17, 15) is 9.50 Å². The minimum absolute atomic E-state index is 0.00598. The quantitative estimate of drug-likeness (QED) is 0.315. The predicted octanol–water partition coefficient (Wildman–Crippen LogP) is 6.47. The van der Waals surface area contributed by atoms with Gasteiger partial charge in [-0.3, -0.25) is 0 Å². The molecule has 3 aromatic rings. The molecule has 29 heavy (non-hydrogen) atoms. The van der Waals surface area contributed by atoms with Crippen LogP contribution >= 0.6 is 33.9 Å². The highest BCUT2D eigenvalue weighted by Crippen LogP contribution is 2.38. The minimum atomic E-state index is -0.394. The lowest BCUT2D eigenvalue weighted by molar-refractivity contribution is -0.103. The molecule has 0 saturated carbocycles. The number of aryl methyl sites for hydroxylation is 1. The number of hydrogen-bond donors (Lipinski definition) is 1. The third kappa shape index (κ3) is 4.74. The molecule has 1 saturated heterocycles. The number of halogens is 2. The number of thiophene rings is 1. The van der Waals surface area contributed by atoms with E-state index in [4.69, 9.17) is 4.74 Å². The van der Waals surface area contributed by atoms with Crippen molar-refractivity contribution in [3.63, 3.8) is 0 Å². The monoisotopic (exact) mass is 522 g/mol. The van der Waals surface area contributed by atoms with Gasteiger partial charge in [-0.2, -0.15) is 0 Å². The maximum atomic E-state index is 13.2. The Labute approximate surface area is 188 Å². The van der Waals surface area contributed by atoms with Crippen LogP contribution < -0.4 is 0 Å². The molecule has 152 valence electrons. The normalized spacial score (nSPS) is 24.6. The Balaban J connectivity index is 1.55. The zero-order valence-corrected chi connectivity index (χ0v) is 19.4. The van der Waals surface area contributed by atoms with Crippen molar-refractivity contribution < 1.29 is 14.2 Å². The van der Waals surface area contributed by atoms with E-state index in [1.54, 1.807) is 11.3 Å². The van der Waals surface area contributed by atoms with Crippen molar-refractivity contribution in [1.82, 2.24) is 0 Å². The van der Waals surface area contributed by atoms with Crippen molar-refractivity contribution in [2.75, 3.05) is 0 Å². The Bertz CT molecular complexity index is 985. The third-order valence-electron chi connectivity index (χ3n) is 5.56. The summed E-state index contributed by atoms with van der Waals surface area (Å²) >= 11 is 4.14. The summed E-state index contributed by atoms with van der Waals surface area (Å²) in [6.45, 7) is 4.08. The zero-order valence-electron chi connectivity index (χ0n) is 16.4. The van der Waals surface area contributed by atoms with Gasteiger partial charge in [0.25, 0.3) is 0 Å². The van der Waals surface area contributed by atoms with Gasteiger partial charge in [-0.15, -0.1) is 11.3 Å². The van der Waals surface area contributed by atoms with Gasteiger partial charge in [0.15, 0.2) is 0 Å². The molecule has 2 aromatic carbocycles. The van der Waals surface area contributed by atoms with E-state index in [0.717, 1.165) is 23.3 Å². The lowest BCUT2D eigenvalue weighted by Gasteiger charge is -2.36. The third-order valence-corrected chi connectivity index (χ3v) is 7.85. The van der Waals surface area contributed by atoms with Crippen molar-refractivity contribution in [3.05, 3.63) is 82.0 Å². The van der Waals surface area contributed by atoms with Crippen molar-refractivity contribution in [1.29, 1.82) is 0 Å². The first-order chi connectivity index (χ1) is 13.9. The molecule has 5 heteroatoms. The van der Waals surface area contributed by atoms with E-state index in [0.29, 0.717) is 0 Å². The predicted molar refractivity (Wildman–Crippen MR) is 125 cm³/mol. The molecule has 0 bridgehead atoms. The zero-order chi connectivity index (χ0) is 20.5. The van der Waals surface area contributed by atoms with E-state index in [2.05, 4.69) is 59.8 Å². The highest BCUT2D eigenvalue weighted by molar-refractivity contribution is 14.1. The molecule has 0 amide bonds. The van der Waals surface area contributed by atoms with Gasteiger partial charge in [-0.05, 0) is 66.8 Å². The largest absolute Gasteiger partial charge is 0.390 e. The summed E-state index contributed by atoms with van der Waals surface area (Å²) in [4.78, 5) is 2.43. The van der Waals surface area contributed by atoms with Gasteiger partial charge in [0, 0.05) is 20.1 Å². The topological polar surface area (TPSA) is 29.5 Å². The van der Waals surface area contributed by atoms with Crippen LogP contribution in [0.4, 0.5) is 4.39 Å². The summed E-state index contributed by atoms with van der Waals surface area (Å²) in [5.74, 6) is -0.210. The van der Waals surface area contributed by atoms with Gasteiger partial charge in [0.05, 0.1) is 18.3 Å². The van der Waals surface area contributed by atoms with Crippen LogP contribution in [-0.2, 0) is 11.2 Å². The fraction of sp³-hybridized carbons (Fsp3) is 0.333. The first-order valence-electron chi connectivity index (χ1n) is 9.82. The van der Waals surface area contributed by atoms with Crippen LogP contribution in [0.15, 0.2) is 54.6 Å². The second-order valence-electron chi connectivity index (χ2n) is 7.72. The molecule has 4 atom stereocenters. The number of aliphatic hydroxyl groups is 1. The maximum Gasteiger partial charge on any atom is 0.123 e. The van der Waals surface area contributed by atoms with Gasteiger partial charge < -0.3 is 9.84 Å². The van der Waals surface area contributed by atoms with E-state index >= 15 is 0 Å². The van der Waals surface area contributed by atoms with Gasteiger partial charge >= 0.3 is 0 Å². The molecule has 1 aliphatic rings. The summed E-state index contributed by atoms with van der Waals surface area (Å²) in [6.07, 6.45) is 1.08. The number of ether oxygens (including phenoxy) is 1. The van der Waals surface area contributed by atoms with Crippen LogP contribution in [0.5, 0.6) is 0 Å². The lowest BCUT2D eigenvalue weighted by Crippen LogP contribution is -2.39. The Morgan fingerprint density at radius 2 is 1.90 bits per heavy atom. The van der Waals surface area contributed by atoms with Crippen LogP contribution in [0, 0.1) is 12.7 Å². The van der Waals surface area contributed by atoms with Crippen LogP contribution in [0.2, 0.25) is 0 Å². The van der Waals surface area contributed by atoms with E-state index in [1.165, 1.54) is 33.7 Å². The molecule has 4 rings (SSSR count). The average Bonchev–Trinajstić information content (AvgIpc) is 3.16. The molecule has 0 spiro atoms. The van der Waals surface area contributed by atoms with Gasteiger partial charge in [0.2, 0.25) is 0 Å². The molecule has 0 aliphatic carbocycles. The standard InChI is InChI=1S/C24H24FIO2S/c1-14-3-4-17(24-21(26)13-22(27)15(2)28-24)11-18(14)12-20-9-10-23(29-20)16-5-7-19(25)8-6-16/h3-11,15,21-22,24,27H,12-13H2,1-2H3. The first-order valence-corrected chi connectivity index (χ1v) is 11.9. The smallest absolute Gasteiger partial charge is 0.123 e. The van der Waals surface area contributed by atoms with Crippen LogP contribution in [-0.4, -0.2) is 21.2 Å². The molecule has 1 N–H and O–H groups in total. The second-order valence-corrected chi connectivity index (χ2v) is 10.5.